The van der Waals surface area contributed by atoms with Crippen molar-refractivity contribution in [3.05, 3.63) is 39.4 Å². The molecular formula is C15H15Cl3O4. The van der Waals surface area contributed by atoms with Crippen LogP contribution in [0.2, 0.25) is 15.1 Å². The highest BCUT2D eigenvalue weighted by atomic mass is 35.5. The van der Waals surface area contributed by atoms with Gasteiger partial charge in [-0.05, 0) is 18.6 Å². The van der Waals surface area contributed by atoms with Gasteiger partial charge in [-0.15, -0.1) is 0 Å². The lowest BCUT2D eigenvalue weighted by Crippen LogP contribution is -2.08. The molecule has 1 aromatic carbocycles. The van der Waals surface area contributed by atoms with Crippen molar-refractivity contribution in [1.29, 1.82) is 0 Å². The van der Waals surface area contributed by atoms with E-state index in [2.05, 4.69) is 0 Å². The number of benzene rings is 1. The Morgan fingerprint density at radius 3 is 2.36 bits per heavy atom. The molecule has 0 saturated heterocycles. The number of carbonyl (C=O) groups excluding carboxylic acids is 2. The lowest BCUT2D eigenvalue weighted by molar-refractivity contribution is -0.138. The first-order valence-corrected chi connectivity index (χ1v) is 7.79. The maximum atomic E-state index is 11.6. The Kier molecular flexibility index (Phi) is 8.31. The summed E-state index contributed by atoms with van der Waals surface area (Å²) >= 11 is 17.6. The van der Waals surface area contributed by atoms with Gasteiger partial charge in [0.1, 0.15) is 5.02 Å². The molecule has 0 radical (unpaired) electrons. The van der Waals surface area contributed by atoms with Crippen LogP contribution in [0.15, 0.2) is 24.3 Å². The number of rotatable bonds is 7. The number of hydrogen-bond acceptors (Lipinski definition) is 4. The van der Waals surface area contributed by atoms with E-state index >= 15 is 0 Å². The number of unbranched alkanes of at least 4 members (excludes halogenated alkanes) is 2. The summed E-state index contributed by atoms with van der Waals surface area (Å²) in [6.07, 6.45) is 4.72. The average molecular weight is 366 g/mol. The number of ether oxygens (including phenoxy) is 2. The third-order valence-corrected chi connectivity index (χ3v) is 3.64. The highest BCUT2D eigenvalue weighted by Gasteiger charge is 2.14. The minimum Gasteiger partial charge on any atom is -0.463 e. The summed E-state index contributed by atoms with van der Waals surface area (Å²) in [7, 11) is 0. The summed E-state index contributed by atoms with van der Waals surface area (Å²) in [5, 5.41) is 0.365. The molecule has 1 rings (SSSR count). The molecule has 0 aliphatic rings. The fourth-order valence-corrected chi connectivity index (χ4v) is 2.04. The van der Waals surface area contributed by atoms with E-state index in [1.165, 1.54) is 12.1 Å². The fraction of sp³-hybridized carbons (Fsp3) is 0.333. The molecule has 0 atom stereocenters. The Bertz CT molecular complexity index is 570. The topological polar surface area (TPSA) is 52.6 Å². The van der Waals surface area contributed by atoms with Crippen LogP contribution in [0.3, 0.4) is 0 Å². The van der Waals surface area contributed by atoms with E-state index in [1.54, 1.807) is 0 Å². The Morgan fingerprint density at radius 2 is 1.68 bits per heavy atom. The summed E-state index contributed by atoms with van der Waals surface area (Å²) in [4.78, 5) is 23.0. The molecule has 0 heterocycles. The molecule has 0 fully saturated rings. The molecule has 4 nitrogen and oxygen atoms in total. The largest absolute Gasteiger partial charge is 0.463 e. The van der Waals surface area contributed by atoms with Crippen LogP contribution in [0, 0.1) is 0 Å². The van der Waals surface area contributed by atoms with Gasteiger partial charge in [0.15, 0.2) is 5.75 Å². The molecule has 22 heavy (non-hydrogen) atoms. The zero-order chi connectivity index (χ0) is 16.5. The van der Waals surface area contributed by atoms with Crippen LogP contribution in [0.1, 0.15) is 26.2 Å². The molecule has 120 valence electrons. The maximum Gasteiger partial charge on any atom is 0.336 e. The van der Waals surface area contributed by atoms with Gasteiger partial charge in [-0.2, -0.15) is 0 Å². The number of halogens is 3. The lowest BCUT2D eigenvalue weighted by atomic mass is 10.3. The van der Waals surface area contributed by atoms with Crippen molar-refractivity contribution in [3.63, 3.8) is 0 Å². The second-order valence-electron chi connectivity index (χ2n) is 4.30. The molecule has 0 spiro atoms. The highest BCUT2D eigenvalue weighted by molar-refractivity contribution is 6.44. The monoisotopic (exact) mass is 364 g/mol. The minimum atomic E-state index is -0.809. The Labute approximate surface area is 143 Å². The second-order valence-corrected chi connectivity index (χ2v) is 5.49. The summed E-state index contributed by atoms with van der Waals surface area (Å²) < 4.78 is 9.87. The molecule has 0 bridgehead atoms. The molecule has 0 amide bonds. The van der Waals surface area contributed by atoms with Crippen LogP contribution in [-0.4, -0.2) is 18.5 Å². The average Bonchev–Trinajstić information content (AvgIpc) is 2.50. The van der Waals surface area contributed by atoms with Gasteiger partial charge >= 0.3 is 11.9 Å². The standard InChI is InChI=1S/C15H15Cl3O4/c1-2-3-4-9-21-12(19)7-8-13(20)22-15-11(17)6-5-10(16)14(15)18/h5-8H,2-4,9H2,1H3/b8-7+. The number of esters is 2. The van der Waals surface area contributed by atoms with Crippen molar-refractivity contribution in [3.8, 4) is 5.75 Å². The van der Waals surface area contributed by atoms with E-state index in [-0.39, 0.29) is 20.8 Å². The fourth-order valence-electron chi connectivity index (χ4n) is 1.45. The van der Waals surface area contributed by atoms with Crippen molar-refractivity contribution in [1.82, 2.24) is 0 Å². The van der Waals surface area contributed by atoms with Crippen molar-refractivity contribution in [2.45, 2.75) is 26.2 Å². The zero-order valence-electron chi connectivity index (χ0n) is 11.9. The van der Waals surface area contributed by atoms with E-state index in [4.69, 9.17) is 44.3 Å². The van der Waals surface area contributed by atoms with Gasteiger partial charge in [-0.3, -0.25) is 0 Å². The first-order chi connectivity index (χ1) is 10.5. The van der Waals surface area contributed by atoms with Crippen molar-refractivity contribution < 1.29 is 19.1 Å². The smallest absolute Gasteiger partial charge is 0.336 e. The number of hydrogen-bond donors (Lipinski definition) is 0. The maximum absolute atomic E-state index is 11.6. The van der Waals surface area contributed by atoms with Crippen LogP contribution in [0.4, 0.5) is 0 Å². The van der Waals surface area contributed by atoms with E-state index in [0.29, 0.717) is 6.61 Å². The van der Waals surface area contributed by atoms with Crippen LogP contribution in [-0.2, 0) is 14.3 Å². The molecule has 0 saturated carbocycles. The van der Waals surface area contributed by atoms with Crippen LogP contribution < -0.4 is 4.74 Å². The third kappa shape index (κ3) is 6.26. The van der Waals surface area contributed by atoms with Crippen molar-refractivity contribution >= 4 is 46.7 Å². The molecule has 1 aromatic rings. The van der Waals surface area contributed by atoms with Gasteiger partial charge < -0.3 is 9.47 Å². The lowest BCUT2D eigenvalue weighted by Gasteiger charge is -2.07. The van der Waals surface area contributed by atoms with Crippen LogP contribution in [0.5, 0.6) is 5.75 Å². The van der Waals surface area contributed by atoms with Crippen LogP contribution >= 0.6 is 34.8 Å². The molecule has 7 heteroatoms. The van der Waals surface area contributed by atoms with Crippen molar-refractivity contribution in [2.24, 2.45) is 0 Å². The zero-order valence-corrected chi connectivity index (χ0v) is 14.2. The predicted molar refractivity (Wildman–Crippen MR) is 86.7 cm³/mol. The normalized spacial score (nSPS) is 10.7. The number of carbonyl (C=O) groups is 2. The van der Waals surface area contributed by atoms with Gasteiger partial charge in [0, 0.05) is 12.2 Å². The quantitative estimate of drug-likeness (QED) is 0.228. The molecule has 0 aliphatic carbocycles. The highest BCUT2D eigenvalue weighted by Crippen LogP contribution is 2.38. The van der Waals surface area contributed by atoms with Gasteiger partial charge in [0.05, 0.1) is 16.7 Å². The molecule has 0 N–H and O–H groups in total. The van der Waals surface area contributed by atoms with Gasteiger partial charge in [-0.25, -0.2) is 9.59 Å². The van der Waals surface area contributed by atoms with E-state index in [0.717, 1.165) is 31.4 Å². The second kappa shape index (κ2) is 9.72. The predicted octanol–water partition coefficient (Wildman–Crippen LogP) is 4.84. The van der Waals surface area contributed by atoms with Gasteiger partial charge in [-0.1, -0.05) is 54.6 Å². The molecular weight excluding hydrogens is 351 g/mol. The van der Waals surface area contributed by atoms with Gasteiger partial charge in [0.2, 0.25) is 0 Å². The summed E-state index contributed by atoms with van der Waals surface area (Å²) in [5.74, 6) is -1.48. The van der Waals surface area contributed by atoms with Crippen molar-refractivity contribution in [2.75, 3.05) is 6.61 Å². The first-order valence-electron chi connectivity index (χ1n) is 6.65. The SMILES string of the molecule is CCCCCOC(=O)/C=C/C(=O)Oc1c(Cl)ccc(Cl)c1Cl. The summed E-state index contributed by atoms with van der Waals surface area (Å²) in [5.41, 5.74) is 0. The minimum absolute atomic E-state index is 0.0260. The summed E-state index contributed by atoms with van der Waals surface area (Å²) in [6.45, 7) is 2.36. The first kappa shape index (κ1) is 18.8. The third-order valence-electron chi connectivity index (χ3n) is 2.55. The Balaban J connectivity index is 2.54. The van der Waals surface area contributed by atoms with E-state index in [9.17, 15) is 9.59 Å². The van der Waals surface area contributed by atoms with Crippen LogP contribution in [0.25, 0.3) is 0 Å². The van der Waals surface area contributed by atoms with E-state index < -0.39 is 11.9 Å². The molecule has 0 aromatic heterocycles. The Morgan fingerprint density at radius 1 is 1.05 bits per heavy atom. The Hall–Kier alpha value is -1.23. The van der Waals surface area contributed by atoms with Gasteiger partial charge in [0.25, 0.3) is 0 Å². The van der Waals surface area contributed by atoms with E-state index in [1.807, 2.05) is 6.92 Å². The summed E-state index contributed by atoms with van der Waals surface area (Å²) in [6, 6.07) is 2.93. The molecule has 0 unspecified atom stereocenters. The molecule has 0 aliphatic heterocycles.